The Balaban J connectivity index is 1.80. The number of carbonyl (C=O) groups excluding carboxylic acids is 1. The average molecular weight is 384 g/mol. The van der Waals surface area contributed by atoms with Gasteiger partial charge in [0.15, 0.2) is 0 Å². The number of ether oxygens (including phenoxy) is 2. The quantitative estimate of drug-likeness (QED) is 0.249. The van der Waals surface area contributed by atoms with E-state index in [0.717, 1.165) is 36.3 Å². The van der Waals surface area contributed by atoms with Crippen molar-refractivity contribution >= 4 is 5.97 Å². The fourth-order valence-corrected chi connectivity index (χ4v) is 2.76. The van der Waals surface area contributed by atoms with Crippen LogP contribution in [0.15, 0.2) is 42.6 Å². The molecule has 2 aromatic rings. The molecule has 152 valence electrons. The van der Waals surface area contributed by atoms with E-state index in [4.69, 9.17) is 9.47 Å². The first kappa shape index (κ1) is 22.1. The first-order chi connectivity index (χ1) is 13.6. The highest BCUT2D eigenvalue weighted by atomic mass is 16.5. The predicted molar refractivity (Wildman–Crippen MR) is 113 cm³/mol. The summed E-state index contributed by atoms with van der Waals surface area (Å²) in [5, 5.41) is 0. The molecule has 0 bridgehead atoms. The SMILES string of the molecule is CCCCCCCOCc1ccc(-c2ccc(OC(=O)C(C)CC)cc2)nc1. The van der Waals surface area contributed by atoms with E-state index in [9.17, 15) is 4.79 Å². The van der Waals surface area contributed by atoms with Gasteiger partial charge in [0.1, 0.15) is 5.75 Å². The Morgan fingerprint density at radius 1 is 1.00 bits per heavy atom. The van der Waals surface area contributed by atoms with Gasteiger partial charge in [0.2, 0.25) is 0 Å². The largest absolute Gasteiger partial charge is 0.426 e. The number of benzene rings is 1. The molecular formula is C24H33NO3. The second kappa shape index (κ2) is 12.3. The van der Waals surface area contributed by atoms with Crippen LogP contribution in [0.25, 0.3) is 11.3 Å². The van der Waals surface area contributed by atoms with E-state index in [-0.39, 0.29) is 11.9 Å². The van der Waals surface area contributed by atoms with Gasteiger partial charge in [-0.15, -0.1) is 0 Å². The van der Waals surface area contributed by atoms with Crippen LogP contribution in [-0.2, 0) is 16.1 Å². The van der Waals surface area contributed by atoms with Gasteiger partial charge in [0, 0.05) is 18.4 Å². The molecule has 1 aromatic heterocycles. The summed E-state index contributed by atoms with van der Waals surface area (Å²) in [6, 6.07) is 11.5. The van der Waals surface area contributed by atoms with Gasteiger partial charge in [-0.05, 0) is 48.7 Å². The number of aromatic nitrogens is 1. The van der Waals surface area contributed by atoms with E-state index in [2.05, 4.69) is 18.0 Å². The minimum Gasteiger partial charge on any atom is -0.426 e. The Morgan fingerprint density at radius 3 is 2.39 bits per heavy atom. The van der Waals surface area contributed by atoms with E-state index >= 15 is 0 Å². The van der Waals surface area contributed by atoms with Gasteiger partial charge >= 0.3 is 5.97 Å². The minimum atomic E-state index is -0.192. The number of nitrogens with zero attached hydrogens (tertiary/aromatic N) is 1. The molecule has 0 saturated carbocycles. The smallest absolute Gasteiger partial charge is 0.314 e. The molecule has 2 rings (SSSR count). The van der Waals surface area contributed by atoms with Crippen LogP contribution in [0, 0.1) is 5.92 Å². The summed E-state index contributed by atoms with van der Waals surface area (Å²) in [4.78, 5) is 16.4. The third-order valence-electron chi connectivity index (χ3n) is 4.87. The van der Waals surface area contributed by atoms with Crippen molar-refractivity contribution in [3.63, 3.8) is 0 Å². The zero-order valence-corrected chi connectivity index (χ0v) is 17.4. The third kappa shape index (κ3) is 7.43. The first-order valence-corrected chi connectivity index (χ1v) is 10.5. The molecule has 0 spiro atoms. The fourth-order valence-electron chi connectivity index (χ4n) is 2.76. The van der Waals surface area contributed by atoms with Crippen molar-refractivity contribution in [1.29, 1.82) is 0 Å². The Labute approximate surface area is 169 Å². The molecule has 1 atom stereocenters. The van der Waals surface area contributed by atoms with Gasteiger partial charge in [-0.3, -0.25) is 9.78 Å². The van der Waals surface area contributed by atoms with E-state index in [1.807, 2.05) is 50.4 Å². The van der Waals surface area contributed by atoms with E-state index in [0.29, 0.717) is 12.4 Å². The number of rotatable bonds is 12. The van der Waals surface area contributed by atoms with Crippen LogP contribution >= 0.6 is 0 Å². The van der Waals surface area contributed by atoms with Crippen molar-refractivity contribution in [3.8, 4) is 17.0 Å². The summed E-state index contributed by atoms with van der Waals surface area (Å²) in [7, 11) is 0. The van der Waals surface area contributed by atoms with E-state index in [1.54, 1.807) is 0 Å². The summed E-state index contributed by atoms with van der Waals surface area (Å²) in [6.07, 6.45) is 8.88. The van der Waals surface area contributed by atoms with Crippen LogP contribution in [0.5, 0.6) is 5.75 Å². The molecule has 1 aromatic carbocycles. The lowest BCUT2D eigenvalue weighted by atomic mass is 10.1. The maximum atomic E-state index is 11.9. The molecule has 28 heavy (non-hydrogen) atoms. The van der Waals surface area contributed by atoms with Crippen LogP contribution < -0.4 is 4.74 Å². The molecule has 0 radical (unpaired) electrons. The van der Waals surface area contributed by atoms with Gasteiger partial charge < -0.3 is 9.47 Å². The highest BCUT2D eigenvalue weighted by molar-refractivity contribution is 5.75. The summed E-state index contributed by atoms with van der Waals surface area (Å²) >= 11 is 0. The zero-order chi connectivity index (χ0) is 20.2. The molecule has 4 nitrogen and oxygen atoms in total. The van der Waals surface area contributed by atoms with Gasteiger partial charge in [-0.2, -0.15) is 0 Å². The molecule has 0 aliphatic carbocycles. The van der Waals surface area contributed by atoms with Gasteiger partial charge in [-0.25, -0.2) is 0 Å². The van der Waals surface area contributed by atoms with Crippen LogP contribution in [0.4, 0.5) is 0 Å². The average Bonchev–Trinajstić information content (AvgIpc) is 2.73. The number of hydrogen-bond donors (Lipinski definition) is 0. The van der Waals surface area contributed by atoms with Crippen LogP contribution in [0.3, 0.4) is 0 Å². The lowest BCUT2D eigenvalue weighted by Gasteiger charge is -2.09. The molecule has 1 unspecified atom stereocenters. The molecule has 0 N–H and O–H groups in total. The Kier molecular flexibility index (Phi) is 9.70. The summed E-state index contributed by atoms with van der Waals surface area (Å²) in [5.41, 5.74) is 2.96. The van der Waals surface area contributed by atoms with Gasteiger partial charge in [-0.1, -0.05) is 52.5 Å². The van der Waals surface area contributed by atoms with Crippen LogP contribution in [0.1, 0.15) is 64.9 Å². The Morgan fingerprint density at radius 2 is 1.75 bits per heavy atom. The van der Waals surface area contributed by atoms with Crippen LogP contribution in [0.2, 0.25) is 0 Å². The Bertz CT molecular complexity index is 695. The Hall–Kier alpha value is -2.20. The topological polar surface area (TPSA) is 48.4 Å². The molecule has 0 amide bonds. The van der Waals surface area contributed by atoms with Crippen molar-refractivity contribution in [2.75, 3.05) is 6.61 Å². The van der Waals surface area contributed by atoms with Gasteiger partial charge in [0.25, 0.3) is 0 Å². The number of hydrogen-bond acceptors (Lipinski definition) is 4. The molecule has 4 heteroatoms. The molecule has 1 heterocycles. The molecule has 0 aliphatic rings. The second-order valence-electron chi connectivity index (χ2n) is 7.27. The molecule has 0 fully saturated rings. The molecular weight excluding hydrogens is 350 g/mol. The first-order valence-electron chi connectivity index (χ1n) is 10.5. The molecule has 0 saturated heterocycles. The van der Waals surface area contributed by atoms with Crippen molar-refractivity contribution in [2.24, 2.45) is 5.92 Å². The monoisotopic (exact) mass is 383 g/mol. The normalized spacial score (nSPS) is 12.0. The maximum Gasteiger partial charge on any atom is 0.314 e. The van der Waals surface area contributed by atoms with Gasteiger partial charge in [0.05, 0.1) is 18.2 Å². The lowest BCUT2D eigenvalue weighted by Crippen LogP contribution is -2.16. The standard InChI is InChI=1S/C24H33NO3/c1-4-6-7-8-9-16-27-18-20-10-15-23(25-17-20)21-11-13-22(14-12-21)28-24(26)19(3)5-2/h10-15,17,19H,4-9,16,18H2,1-3H3. The number of carbonyl (C=O) groups is 1. The van der Waals surface area contributed by atoms with Crippen molar-refractivity contribution in [3.05, 3.63) is 48.2 Å². The fraction of sp³-hybridized carbons (Fsp3) is 0.500. The minimum absolute atomic E-state index is 0.0903. The summed E-state index contributed by atoms with van der Waals surface area (Å²) in [5.74, 6) is 0.286. The van der Waals surface area contributed by atoms with E-state index in [1.165, 1.54) is 25.7 Å². The van der Waals surface area contributed by atoms with Crippen molar-refractivity contribution in [1.82, 2.24) is 4.98 Å². The summed E-state index contributed by atoms with van der Waals surface area (Å²) < 4.78 is 11.1. The van der Waals surface area contributed by atoms with Crippen molar-refractivity contribution in [2.45, 2.75) is 65.9 Å². The summed E-state index contributed by atoms with van der Waals surface area (Å²) in [6.45, 7) is 7.49. The van der Waals surface area contributed by atoms with Crippen molar-refractivity contribution < 1.29 is 14.3 Å². The molecule has 0 aliphatic heterocycles. The number of unbranched alkanes of at least 4 members (excludes halogenated alkanes) is 4. The maximum absolute atomic E-state index is 11.9. The number of pyridine rings is 1. The highest BCUT2D eigenvalue weighted by Crippen LogP contribution is 2.22. The van der Waals surface area contributed by atoms with Crippen LogP contribution in [-0.4, -0.2) is 17.6 Å². The third-order valence-corrected chi connectivity index (χ3v) is 4.87. The van der Waals surface area contributed by atoms with E-state index < -0.39 is 0 Å². The predicted octanol–water partition coefficient (Wildman–Crippen LogP) is 6.19. The highest BCUT2D eigenvalue weighted by Gasteiger charge is 2.13. The second-order valence-corrected chi connectivity index (χ2v) is 7.27. The number of esters is 1. The lowest BCUT2D eigenvalue weighted by molar-refractivity contribution is -0.138. The zero-order valence-electron chi connectivity index (χ0n) is 17.4.